The largest absolute Gasteiger partial charge is 0.493 e. The van der Waals surface area contributed by atoms with E-state index in [4.69, 9.17) is 17.0 Å². The summed E-state index contributed by atoms with van der Waals surface area (Å²) in [6.07, 6.45) is 2.25. The summed E-state index contributed by atoms with van der Waals surface area (Å²) in [7, 11) is 0. The van der Waals surface area contributed by atoms with Gasteiger partial charge < -0.3 is 9.64 Å². The lowest BCUT2D eigenvalue weighted by molar-refractivity contribution is 0.0972. The van der Waals surface area contributed by atoms with Gasteiger partial charge in [0.1, 0.15) is 5.75 Å². The second-order valence-corrected chi connectivity index (χ2v) is 7.04. The highest BCUT2D eigenvalue weighted by molar-refractivity contribution is 7.80. The van der Waals surface area contributed by atoms with Crippen molar-refractivity contribution in [1.82, 2.24) is 10.2 Å². The van der Waals surface area contributed by atoms with Crippen LogP contribution in [0.4, 0.5) is 0 Å². The molecular weight excluding hydrogens is 308 g/mol. The van der Waals surface area contributed by atoms with Crippen molar-refractivity contribution in [2.45, 2.75) is 33.6 Å². The molecular formula is C18H26N2O2S. The fraction of sp³-hybridized carbons (Fsp3) is 0.556. The van der Waals surface area contributed by atoms with Crippen molar-refractivity contribution < 1.29 is 9.53 Å². The molecule has 1 aliphatic rings. The van der Waals surface area contributed by atoms with E-state index in [1.807, 2.05) is 12.1 Å². The third-order valence-electron chi connectivity index (χ3n) is 3.99. The van der Waals surface area contributed by atoms with E-state index in [1.54, 1.807) is 12.1 Å². The Hall–Kier alpha value is -1.62. The number of hydrogen-bond acceptors (Lipinski definition) is 3. The normalized spacial score (nSPS) is 15.6. The first-order valence-electron chi connectivity index (χ1n) is 8.29. The molecule has 1 heterocycles. The molecule has 126 valence electrons. The number of carbonyl (C=O) groups excluding carboxylic acids is 1. The van der Waals surface area contributed by atoms with Gasteiger partial charge in [-0.25, -0.2) is 0 Å². The average Bonchev–Trinajstić information content (AvgIpc) is 2.54. The number of benzene rings is 1. The summed E-state index contributed by atoms with van der Waals surface area (Å²) in [6.45, 7) is 8.96. The number of thiocarbonyl (C=S) groups is 1. The third kappa shape index (κ3) is 5.50. The molecule has 2 rings (SSSR count). The Kier molecular flexibility index (Phi) is 6.39. The third-order valence-corrected chi connectivity index (χ3v) is 4.35. The summed E-state index contributed by atoms with van der Waals surface area (Å²) in [5.41, 5.74) is 0.592. The molecule has 1 N–H and O–H groups in total. The van der Waals surface area contributed by atoms with Crippen molar-refractivity contribution in [3.63, 3.8) is 0 Å². The van der Waals surface area contributed by atoms with E-state index in [9.17, 15) is 4.79 Å². The minimum atomic E-state index is -0.163. The van der Waals surface area contributed by atoms with Gasteiger partial charge in [0.05, 0.1) is 6.61 Å². The molecule has 1 aromatic carbocycles. The van der Waals surface area contributed by atoms with Crippen LogP contribution in [0.1, 0.15) is 44.0 Å². The van der Waals surface area contributed by atoms with Crippen LogP contribution in [0.2, 0.25) is 0 Å². The number of piperidine rings is 1. The lowest BCUT2D eigenvalue weighted by atomic mass is 10.00. The summed E-state index contributed by atoms with van der Waals surface area (Å²) in [5.74, 6) is 1.83. The number of carbonyl (C=O) groups is 1. The van der Waals surface area contributed by atoms with E-state index in [-0.39, 0.29) is 5.91 Å². The zero-order valence-electron chi connectivity index (χ0n) is 14.2. The van der Waals surface area contributed by atoms with E-state index in [2.05, 4.69) is 31.0 Å². The highest BCUT2D eigenvalue weighted by Gasteiger charge is 2.19. The molecule has 4 nitrogen and oxygen atoms in total. The van der Waals surface area contributed by atoms with Gasteiger partial charge in [0.25, 0.3) is 5.91 Å². The molecule has 0 aliphatic carbocycles. The zero-order valence-corrected chi connectivity index (χ0v) is 15.0. The molecule has 1 aromatic rings. The van der Waals surface area contributed by atoms with Gasteiger partial charge in [-0.3, -0.25) is 10.1 Å². The lowest BCUT2D eigenvalue weighted by Crippen LogP contribution is -2.46. The number of hydrogen-bond donors (Lipinski definition) is 1. The minimum Gasteiger partial charge on any atom is -0.493 e. The van der Waals surface area contributed by atoms with Crippen LogP contribution in [0.5, 0.6) is 5.75 Å². The number of likely N-dealkylation sites (tertiary alicyclic amines) is 1. The van der Waals surface area contributed by atoms with Gasteiger partial charge >= 0.3 is 0 Å². The lowest BCUT2D eigenvalue weighted by Gasteiger charge is -2.32. The van der Waals surface area contributed by atoms with Crippen molar-refractivity contribution in [1.29, 1.82) is 0 Å². The van der Waals surface area contributed by atoms with Crippen LogP contribution in [0.25, 0.3) is 0 Å². The minimum absolute atomic E-state index is 0.163. The van der Waals surface area contributed by atoms with Crippen LogP contribution >= 0.6 is 12.2 Å². The molecule has 0 bridgehead atoms. The van der Waals surface area contributed by atoms with Gasteiger partial charge in [-0.2, -0.15) is 0 Å². The number of rotatable bonds is 4. The fourth-order valence-electron chi connectivity index (χ4n) is 2.43. The van der Waals surface area contributed by atoms with E-state index >= 15 is 0 Å². The summed E-state index contributed by atoms with van der Waals surface area (Å²) >= 11 is 5.35. The Balaban J connectivity index is 1.86. The second-order valence-electron chi connectivity index (χ2n) is 6.66. The van der Waals surface area contributed by atoms with Crippen LogP contribution < -0.4 is 10.1 Å². The summed E-state index contributed by atoms with van der Waals surface area (Å²) < 4.78 is 5.62. The topological polar surface area (TPSA) is 41.6 Å². The maximum atomic E-state index is 12.3. The Morgan fingerprint density at radius 3 is 2.48 bits per heavy atom. The number of ether oxygens (including phenoxy) is 1. The van der Waals surface area contributed by atoms with Gasteiger partial charge in [0.15, 0.2) is 5.11 Å². The molecule has 0 saturated carbocycles. The summed E-state index contributed by atoms with van der Waals surface area (Å²) in [5, 5.41) is 3.36. The standard InChI is InChI=1S/C18H26N2O2S/c1-13(2)12-22-16-6-4-15(5-7-16)17(21)19-18(23)20-10-8-14(3)9-11-20/h4-7,13-14H,8-12H2,1-3H3,(H,19,21,23). The molecule has 0 aromatic heterocycles. The number of amides is 1. The summed E-state index contributed by atoms with van der Waals surface area (Å²) in [4.78, 5) is 14.4. The number of nitrogens with one attached hydrogen (secondary N) is 1. The first-order chi connectivity index (χ1) is 11.0. The predicted molar refractivity (Wildman–Crippen MR) is 96.8 cm³/mol. The van der Waals surface area contributed by atoms with Crippen molar-refractivity contribution >= 4 is 23.2 Å². The molecule has 0 atom stereocenters. The molecule has 23 heavy (non-hydrogen) atoms. The van der Waals surface area contributed by atoms with Gasteiger partial charge in [-0.15, -0.1) is 0 Å². The second kappa shape index (κ2) is 8.29. The molecule has 0 unspecified atom stereocenters. The number of nitrogens with zero attached hydrogens (tertiary/aromatic N) is 1. The fourth-order valence-corrected chi connectivity index (χ4v) is 2.70. The van der Waals surface area contributed by atoms with E-state index < -0.39 is 0 Å². The van der Waals surface area contributed by atoms with E-state index in [1.165, 1.54) is 0 Å². The maximum Gasteiger partial charge on any atom is 0.257 e. The zero-order chi connectivity index (χ0) is 16.8. The first kappa shape index (κ1) is 17.7. The smallest absolute Gasteiger partial charge is 0.257 e. The van der Waals surface area contributed by atoms with E-state index in [0.29, 0.717) is 23.2 Å². The van der Waals surface area contributed by atoms with Crippen LogP contribution in [0.15, 0.2) is 24.3 Å². The SMILES string of the molecule is CC(C)COc1ccc(C(=O)NC(=S)N2CCC(C)CC2)cc1. The van der Waals surface area contributed by atoms with Crippen molar-refractivity contribution in [2.75, 3.05) is 19.7 Å². The molecule has 5 heteroatoms. The molecule has 1 saturated heterocycles. The maximum absolute atomic E-state index is 12.3. The Bertz CT molecular complexity index is 534. The quantitative estimate of drug-likeness (QED) is 0.856. The molecule has 1 fully saturated rings. The molecule has 1 amide bonds. The van der Waals surface area contributed by atoms with Crippen molar-refractivity contribution in [2.24, 2.45) is 11.8 Å². The Labute approximate surface area is 144 Å². The first-order valence-corrected chi connectivity index (χ1v) is 8.69. The highest BCUT2D eigenvalue weighted by atomic mass is 32.1. The molecule has 0 radical (unpaired) electrons. The van der Waals surface area contributed by atoms with Crippen LogP contribution in [0, 0.1) is 11.8 Å². The van der Waals surface area contributed by atoms with E-state index in [0.717, 1.165) is 37.6 Å². The molecule has 0 spiro atoms. The highest BCUT2D eigenvalue weighted by Crippen LogP contribution is 2.16. The van der Waals surface area contributed by atoms with Crippen LogP contribution in [0.3, 0.4) is 0 Å². The van der Waals surface area contributed by atoms with Crippen LogP contribution in [-0.4, -0.2) is 35.6 Å². The van der Waals surface area contributed by atoms with Crippen molar-refractivity contribution in [3.8, 4) is 5.75 Å². The monoisotopic (exact) mass is 334 g/mol. The summed E-state index contributed by atoms with van der Waals surface area (Å²) in [6, 6.07) is 7.18. The Morgan fingerprint density at radius 2 is 1.91 bits per heavy atom. The predicted octanol–water partition coefficient (Wildman–Crippen LogP) is 3.47. The Morgan fingerprint density at radius 1 is 1.30 bits per heavy atom. The van der Waals surface area contributed by atoms with Crippen molar-refractivity contribution in [3.05, 3.63) is 29.8 Å². The average molecular weight is 334 g/mol. The van der Waals surface area contributed by atoms with Gasteiger partial charge in [-0.1, -0.05) is 20.8 Å². The van der Waals surface area contributed by atoms with Crippen LogP contribution in [-0.2, 0) is 0 Å². The van der Waals surface area contributed by atoms with Gasteiger partial charge in [0.2, 0.25) is 0 Å². The van der Waals surface area contributed by atoms with Gasteiger partial charge in [-0.05, 0) is 61.2 Å². The van der Waals surface area contributed by atoms with Gasteiger partial charge in [0, 0.05) is 18.7 Å². The molecule has 1 aliphatic heterocycles.